The van der Waals surface area contributed by atoms with Gasteiger partial charge in [0.2, 0.25) is 5.91 Å². The Morgan fingerprint density at radius 3 is 2.89 bits per heavy atom. The van der Waals surface area contributed by atoms with Gasteiger partial charge in [-0.05, 0) is 19.3 Å². The molecule has 1 aromatic heterocycles. The van der Waals surface area contributed by atoms with Crippen molar-refractivity contribution in [1.82, 2.24) is 4.98 Å². The van der Waals surface area contributed by atoms with Crippen molar-refractivity contribution < 1.29 is 9.90 Å². The van der Waals surface area contributed by atoms with E-state index < -0.39 is 6.10 Å². The maximum absolute atomic E-state index is 12.2. The van der Waals surface area contributed by atoms with Crippen LogP contribution in [0.4, 0.5) is 5.69 Å². The summed E-state index contributed by atoms with van der Waals surface area (Å²) in [5, 5.41) is 14.6. The summed E-state index contributed by atoms with van der Waals surface area (Å²) in [6.07, 6.45) is 5.30. The van der Waals surface area contributed by atoms with Crippen LogP contribution in [0.25, 0.3) is 10.8 Å². The van der Waals surface area contributed by atoms with Crippen molar-refractivity contribution in [3.8, 4) is 0 Å². The van der Waals surface area contributed by atoms with E-state index in [0.29, 0.717) is 12.1 Å². The van der Waals surface area contributed by atoms with Crippen molar-refractivity contribution >= 4 is 22.4 Å². The molecule has 1 saturated carbocycles. The van der Waals surface area contributed by atoms with Crippen molar-refractivity contribution in [3.63, 3.8) is 0 Å². The minimum atomic E-state index is -0.511. The van der Waals surface area contributed by atoms with Gasteiger partial charge in [-0.1, -0.05) is 24.3 Å². The molecule has 0 radical (unpaired) electrons. The summed E-state index contributed by atoms with van der Waals surface area (Å²) in [7, 11) is 0. The molecule has 2 unspecified atom stereocenters. The van der Waals surface area contributed by atoms with Gasteiger partial charge in [-0.15, -0.1) is 0 Å². The average molecular weight is 256 g/mol. The van der Waals surface area contributed by atoms with Gasteiger partial charge in [0.05, 0.1) is 23.9 Å². The number of anilines is 1. The Balaban J connectivity index is 1.87. The summed E-state index contributed by atoms with van der Waals surface area (Å²) in [5.74, 6) is -0.401. The summed E-state index contributed by atoms with van der Waals surface area (Å²) in [6, 6.07) is 7.79. The number of pyridine rings is 1. The molecule has 0 saturated heterocycles. The first-order chi connectivity index (χ1) is 9.25. The highest BCUT2D eigenvalue weighted by Gasteiger charge is 2.31. The Hall–Kier alpha value is -1.94. The fraction of sp³-hybridized carbons (Fsp3) is 0.333. The van der Waals surface area contributed by atoms with Crippen LogP contribution in [0.2, 0.25) is 0 Å². The molecular formula is C15H16N2O2. The predicted octanol–water partition coefficient (Wildman–Crippen LogP) is 2.33. The molecule has 3 rings (SSSR count). The lowest BCUT2D eigenvalue weighted by atomic mass is 10.0. The lowest BCUT2D eigenvalue weighted by Crippen LogP contribution is -2.28. The predicted molar refractivity (Wildman–Crippen MR) is 73.7 cm³/mol. The number of nitrogens with one attached hydrogen (secondary N) is 1. The second-order valence-corrected chi connectivity index (χ2v) is 5.00. The maximum Gasteiger partial charge on any atom is 0.230 e. The molecule has 0 spiro atoms. The number of carbonyl (C=O) groups is 1. The molecule has 98 valence electrons. The van der Waals surface area contributed by atoms with E-state index in [4.69, 9.17) is 0 Å². The average Bonchev–Trinajstić information content (AvgIpc) is 2.85. The highest BCUT2D eigenvalue weighted by atomic mass is 16.3. The van der Waals surface area contributed by atoms with E-state index in [0.717, 1.165) is 23.6 Å². The van der Waals surface area contributed by atoms with E-state index in [1.165, 1.54) is 0 Å². The maximum atomic E-state index is 12.2. The van der Waals surface area contributed by atoms with Crippen LogP contribution in [-0.2, 0) is 4.79 Å². The molecule has 1 amide bonds. The smallest absolute Gasteiger partial charge is 0.230 e. The van der Waals surface area contributed by atoms with Crippen LogP contribution in [0.3, 0.4) is 0 Å². The molecule has 1 aliphatic carbocycles. The fourth-order valence-electron chi connectivity index (χ4n) is 2.69. The largest absolute Gasteiger partial charge is 0.392 e. The van der Waals surface area contributed by atoms with E-state index >= 15 is 0 Å². The summed E-state index contributed by atoms with van der Waals surface area (Å²) in [6.45, 7) is 0. The molecule has 1 fully saturated rings. The number of aliphatic hydroxyl groups excluding tert-OH is 1. The number of aliphatic hydroxyl groups is 1. The van der Waals surface area contributed by atoms with Gasteiger partial charge in [0.1, 0.15) is 0 Å². The first-order valence-corrected chi connectivity index (χ1v) is 6.57. The molecular weight excluding hydrogens is 240 g/mol. The third-order valence-corrected chi connectivity index (χ3v) is 3.74. The van der Waals surface area contributed by atoms with Crippen LogP contribution >= 0.6 is 0 Å². The third-order valence-electron chi connectivity index (χ3n) is 3.74. The van der Waals surface area contributed by atoms with Crippen molar-refractivity contribution in [1.29, 1.82) is 0 Å². The molecule has 1 aromatic carbocycles. The van der Waals surface area contributed by atoms with Gasteiger partial charge in [-0.3, -0.25) is 9.78 Å². The number of hydrogen-bond acceptors (Lipinski definition) is 3. The Morgan fingerprint density at radius 1 is 1.26 bits per heavy atom. The van der Waals surface area contributed by atoms with Crippen molar-refractivity contribution in [3.05, 3.63) is 36.7 Å². The summed E-state index contributed by atoms with van der Waals surface area (Å²) >= 11 is 0. The van der Waals surface area contributed by atoms with Crippen LogP contribution in [0.1, 0.15) is 19.3 Å². The number of benzene rings is 1. The molecule has 1 aliphatic rings. The van der Waals surface area contributed by atoms with Crippen molar-refractivity contribution in [2.75, 3.05) is 5.32 Å². The number of rotatable bonds is 2. The minimum Gasteiger partial charge on any atom is -0.392 e. The highest BCUT2D eigenvalue weighted by molar-refractivity contribution is 6.02. The second kappa shape index (κ2) is 4.97. The monoisotopic (exact) mass is 256 g/mol. The van der Waals surface area contributed by atoms with Crippen LogP contribution < -0.4 is 5.32 Å². The Labute approximate surface area is 111 Å². The lowest BCUT2D eigenvalue weighted by Gasteiger charge is -2.15. The highest BCUT2D eigenvalue weighted by Crippen LogP contribution is 2.28. The number of nitrogens with zero attached hydrogens (tertiary/aromatic N) is 1. The quantitative estimate of drug-likeness (QED) is 0.867. The summed E-state index contributed by atoms with van der Waals surface area (Å²) in [4.78, 5) is 16.3. The number of carbonyl (C=O) groups excluding carboxylic acids is 1. The zero-order chi connectivity index (χ0) is 13.2. The van der Waals surface area contributed by atoms with E-state index in [1.807, 2.05) is 24.3 Å². The number of hydrogen-bond donors (Lipinski definition) is 2. The van der Waals surface area contributed by atoms with E-state index in [2.05, 4.69) is 10.3 Å². The van der Waals surface area contributed by atoms with Gasteiger partial charge in [0, 0.05) is 17.0 Å². The van der Waals surface area contributed by atoms with E-state index in [9.17, 15) is 9.90 Å². The van der Waals surface area contributed by atoms with Crippen molar-refractivity contribution in [2.24, 2.45) is 5.92 Å². The molecule has 2 N–H and O–H groups in total. The minimum absolute atomic E-state index is 0.108. The Bertz CT molecular complexity index is 607. The van der Waals surface area contributed by atoms with Gasteiger partial charge in [-0.25, -0.2) is 0 Å². The molecule has 19 heavy (non-hydrogen) atoms. The number of fused-ring (bicyclic) bond motifs is 1. The molecule has 0 bridgehead atoms. The van der Waals surface area contributed by atoms with E-state index in [1.54, 1.807) is 12.4 Å². The lowest BCUT2D eigenvalue weighted by molar-refractivity contribution is -0.122. The van der Waals surface area contributed by atoms with Crippen molar-refractivity contribution in [2.45, 2.75) is 25.4 Å². The van der Waals surface area contributed by atoms with E-state index in [-0.39, 0.29) is 11.8 Å². The first kappa shape index (κ1) is 12.1. The molecule has 4 heteroatoms. The van der Waals surface area contributed by atoms with Crippen LogP contribution in [0.5, 0.6) is 0 Å². The standard InChI is InChI=1S/C15H16N2O2/c18-14-7-3-6-12(14)15(19)17-13-9-16-8-10-4-1-2-5-11(10)13/h1-2,4-5,8-9,12,14,18H,3,6-7H2,(H,17,19). The Kier molecular flexibility index (Phi) is 3.17. The molecule has 1 heterocycles. The molecule has 2 atom stereocenters. The van der Waals surface area contributed by atoms with Crippen LogP contribution in [0, 0.1) is 5.92 Å². The summed E-state index contributed by atoms with van der Waals surface area (Å²) in [5.41, 5.74) is 0.710. The van der Waals surface area contributed by atoms with Gasteiger partial charge >= 0.3 is 0 Å². The normalized spacial score (nSPS) is 22.6. The van der Waals surface area contributed by atoms with Crippen LogP contribution in [-0.4, -0.2) is 22.1 Å². The molecule has 0 aliphatic heterocycles. The topological polar surface area (TPSA) is 62.2 Å². The zero-order valence-corrected chi connectivity index (χ0v) is 10.5. The molecule has 2 aromatic rings. The van der Waals surface area contributed by atoms with Crippen LogP contribution in [0.15, 0.2) is 36.7 Å². The fourth-order valence-corrected chi connectivity index (χ4v) is 2.69. The van der Waals surface area contributed by atoms with Gasteiger partial charge in [0.15, 0.2) is 0 Å². The van der Waals surface area contributed by atoms with Gasteiger partial charge in [-0.2, -0.15) is 0 Å². The Morgan fingerprint density at radius 2 is 2.11 bits per heavy atom. The first-order valence-electron chi connectivity index (χ1n) is 6.57. The number of aromatic nitrogens is 1. The zero-order valence-electron chi connectivity index (χ0n) is 10.5. The number of amides is 1. The third kappa shape index (κ3) is 2.31. The van der Waals surface area contributed by atoms with Gasteiger partial charge in [0.25, 0.3) is 0 Å². The van der Waals surface area contributed by atoms with Gasteiger partial charge < -0.3 is 10.4 Å². The SMILES string of the molecule is O=C(Nc1cncc2ccccc12)C1CCCC1O. The second-order valence-electron chi connectivity index (χ2n) is 5.00. The molecule has 4 nitrogen and oxygen atoms in total. The summed E-state index contributed by atoms with van der Waals surface area (Å²) < 4.78 is 0.